The zero-order valence-electron chi connectivity index (χ0n) is 4.58. The fourth-order valence-corrected chi connectivity index (χ4v) is 0.793. The normalized spacial score (nSPS) is 38.0. The zero-order valence-corrected chi connectivity index (χ0v) is 9.02. The first-order valence-corrected chi connectivity index (χ1v) is 2.47. The molecule has 0 saturated carbocycles. The van der Waals surface area contributed by atoms with Crippen molar-refractivity contribution in [1.82, 2.24) is 0 Å². The van der Waals surface area contributed by atoms with E-state index in [2.05, 4.69) is 12.2 Å². The predicted molar refractivity (Wildman–Crippen MR) is 32.7 cm³/mol. The molecule has 2 radical (unpaired) electrons. The minimum atomic E-state index is 0. The molecule has 0 aromatic rings. The van der Waals surface area contributed by atoms with Crippen LogP contribution in [0.2, 0.25) is 0 Å². The van der Waals surface area contributed by atoms with E-state index in [1.165, 1.54) is 0 Å². The molecule has 1 fully saturated rings. The molecular weight excluding hydrogens is 225 g/mol. The third-order valence-electron chi connectivity index (χ3n) is 1.27. The van der Waals surface area contributed by atoms with Crippen LogP contribution < -0.4 is 0 Å². The molecule has 1 aliphatic carbocycles. The Balaban J connectivity index is 0.000000320. The Morgan fingerprint density at radius 2 is 1.50 bits per heavy atom. The first-order chi connectivity index (χ1) is 3.47. The maximum Gasteiger partial charge on any atom is 0.107 e. The van der Waals surface area contributed by atoms with Crippen LogP contribution in [0.5, 0.6) is 0 Å². The number of fused-ring (bicyclic) bond motifs is 1. The summed E-state index contributed by atoms with van der Waals surface area (Å²) in [6, 6.07) is 0. The SMILES string of the molecule is C1=CC2OC2C=C1.[Ba]. The Kier molecular flexibility index (Phi) is 2.43. The first kappa shape index (κ1) is 7.12. The van der Waals surface area contributed by atoms with Gasteiger partial charge in [-0.15, -0.1) is 0 Å². The smallest absolute Gasteiger partial charge is 0.107 e. The Hall–Kier alpha value is 1.01. The molecule has 0 bridgehead atoms. The van der Waals surface area contributed by atoms with Crippen LogP contribution >= 0.6 is 0 Å². The van der Waals surface area contributed by atoms with Gasteiger partial charge in [0.1, 0.15) is 12.2 Å². The predicted octanol–water partition coefficient (Wildman–Crippen LogP) is 0.499. The van der Waals surface area contributed by atoms with Gasteiger partial charge in [-0.05, 0) is 0 Å². The van der Waals surface area contributed by atoms with Gasteiger partial charge >= 0.3 is 0 Å². The molecule has 0 N–H and O–H groups in total. The van der Waals surface area contributed by atoms with Crippen molar-refractivity contribution in [1.29, 1.82) is 0 Å². The maximum atomic E-state index is 5.10. The first-order valence-electron chi connectivity index (χ1n) is 2.47. The molecule has 1 aliphatic heterocycles. The van der Waals surface area contributed by atoms with E-state index in [0.29, 0.717) is 12.2 Å². The molecule has 0 aromatic carbocycles. The minimum absolute atomic E-state index is 0. The number of hydrogen-bond donors (Lipinski definition) is 0. The number of epoxide rings is 1. The van der Waals surface area contributed by atoms with Gasteiger partial charge in [0, 0.05) is 48.9 Å². The topological polar surface area (TPSA) is 12.5 Å². The Morgan fingerprint density at radius 3 is 1.88 bits per heavy atom. The quantitative estimate of drug-likeness (QED) is 0.437. The van der Waals surface area contributed by atoms with E-state index >= 15 is 0 Å². The van der Waals surface area contributed by atoms with Crippen molar-refractivity contribution < 1.29 is 4.74 Å². The molecule has 1 heterocycles. The summed E-state index contributed by atoms with van der Waals surface area (Å²) in [6.45, 7) is 0. The third-order valence-corrected chi connectivity index (χ3v) is 1.27. The van der Waals surface area contributed by atoms with Crippen molar-refractivity contribution in [2.24, 2.45) is 0 Å². The monoisotopic (exact) mass is 232 g/mol. The average molecular weight is 231 g/mol. The van der Waals surface area contributed by atoms with E-state index in [-0.39, 0.29) is 48.9 Å². The van der Waals surface area contributed by atoms with Crippen LogP contribution in [0, 0.1) is 0 Å². The Bertz CT molecular complexity index is 123. The van der Waals surface area contributed by atoms with Crippen LogP contribution in [-0.2, 0) is 4.74 Å². The van der Waals surface area contributed by atoms with Crippen molar-refractivity contribution in [3.63, 3.8) is 0 Å². The molecule has 0 spiro atoms. The largest absolute Gasteiger partial charge is 0.361 e. The number of ether oxygens (including phenoxy) is 1. The molecule has 2 rings (SSSR count). The van der Waals surface area contributed by atoms with Crippen molar-refractivity contribution in [3.8, 4) is 0 Å². The van der Waals surface area contributed by atoms with Gasteiger partial charge in [-0.1, -0.05) is 24.3 Å². The van der Waals surface area contributed by atoms with Crippen LogP contribution in [0.4, 0.5) is 0 Å². The van der Waals surface area contributed by atoms with Gasteiger partial charge in [0.25, 0.3) is 0 Å². The van der Waals surface area contributed by atoms with Gasteiger partial charge in [0.05, 0.1) is 0 Å². The molecule has 2 heteroatoms. The van der Waals surface area contributed by atoms with Gasteiger partial charge in [-0.2, -0.15) is 0 Å². The molecule has 38 valence electrons. The Morgan fingerprint density at radius 1 is 1.00 bits per heavy atom. The second-order valence-corrected chi connectivity index (χ2v) is 1.84. The van der Waals surface area contributed by atoms with Gasteiger partial charge < -0.3 is 4.74 Å². The van der Waals surface area contributed by atoms with Crippen molar-refractivity contribution in [2.45, 2.75) is 12.2 Å². The second-order valence-electron chi connectivity index (χ2n) is 1.84. The van der Waals surface area contributed by atoms with Crippen LogP contribution in [-0.4, -0.2) is 61.1 Å². The third kappa shape index (κ3) is 1.29. The summed E-state index contributed by atoms with van der Waals surface area (Å²) < 4.78 is 5.10. The molecule has 1 saturated heterocycles. The standard InChI is InChI=1S/C6H6O.Ba/c1-2-4-6-5(3-1)7-6;/h1-6H;. The molecular formula is C6H6BaO. The summed E-state index contributed by atoms with van der Waals surface area (Å²) in [7, 11) is 0. The van der Waals surface area contributed by atoms with Crippen molar-refractivity contribution >= 4 is 48.9 Å². The average Bonchev–Trinajstić information content (AvgIpc) is 2.41. The van der Waals surface area contributed by atoms with Gasteiger partial charge in [0.15, 0.2) is 0 Å². The summed E-state index contributed by atoms with van der Waals surface area (Å²) in [4.78, 5) is 0. The molecule has 2 aliphatic rings. The van der Waals surface area contributed by atoms with E-state index in [1.54, 1.807) is 0 Å². The summed E-state index contributed by atoms with van der Waals surface area (Å²) in [6.07, 6.45) is 9.06. The zero-order chi connectivity index (χ0) is 4.69. The molecule has 2 unspecified atom stereocenters. The fraction of sp³-hybridized carbons (Fsp3) is 0.333. The number of rotatable bonds is 0. The van der Waals surface area contributed by atoms with E-state index in [1.807, 2.05) is 12.2 Å². The van der Waals surface area contributed by atoms with E-state index in [0.717, 1.165) is 0 Å². The Labute approximate surface area is 88.9 Å². The summed E-state index contributed by atoms with van der Waals surface area (Å²) in [5.41, 5.74) is 0. The summed E-state index contributed by atoms with van der Waals surface area (Å²) >= 11 is 0. The fourth-order valence-electron chi connectivity index (χ4n) is 0.793. The van der Waals surface area contributed by atoms with Gasteiger partial charge in [-0.3, -0.25) is 0 Å². The van der Waals surface area contributed by atoms with Crippen LogP contribution in [0.1, 0.15) is 0 Å². The van der Waals surface area contributed by atoms with Crippen LogP contribution in [0.25, 0.3) is 0 Å². The van der Waals surface area contributed by atoms with Crippen LogP contribution in [0.15, 0.2) is 24.3 Å². The van der Waals surface area contributed by atoms with E-state index in [9.17, 15) is 0 Å². The van der Waals surface area contributed by atoms with Gasteiger partial charge in [-0.25, -0.2) is 0 Å². The van der Waals surface area contributed by atoms with Gasteiger partial charge in [0.2, 0.25) is 0 Å². The second kappa shape index (κ2) is 2.73. The maximum absolute atomic E-state index is 5.10. The molecule has 2 atom stereocenters. The molecule has 0 amide bonds. The molecule has 8 heavy (non-hydrogen) atoms. The number of hydrogen-bond acceptors (Lipinski definition) is 1. The van der Waals surface area contributed by atoms with Crippen LogP contribution in [0.3, 0.4) is 0 Å². The van der Waals surface area contributed by atoms with E-state index in [4.69, 9.17) is 4.74 Å². The molecule has 0 aromatic heterocycles. The summed E-state index contributed by atoms with van der Waals surface area (Å²) in [5.74, 6) is 0. The minimum Gasteiger partial charge on any atom is -0.361 e. The number of allylic oxidation sites excluding steroid dienone is 2. The van der Waals surface area contributed by atoms with Crippen molar-refractivity contribution in [3.05, 3.63) is 24.3 Å². The van der Waals surface area contributed by atoms with Crippen molar-refractivity contribution in [2.75, 3.05) is 0 Å². The van der Waals surface area contributed by atoms with E-state index < -0.39 is 0 Å². The molecule has 1 nitrogen and oxygen atoms in total. The summed E-state index contributed by atoms with van der Waals surface area (Å²) in [5, 5.41) is 0.